The van der Waals surface area contributed by atoms with E-state index in [2.05, 4.69) is 4.98 Å². The topological polar surface area (TPSA) is 85.2 Å². The molecule has 1 heterocycles. The Morgan fingerprint density at radius 1 is 1.50 bits per heavy atom. The predicted molar refractivity (Wildman–Crippen MR) is 63.8 cm³/mol. The summed E-state index contributed by atoms with van der Waals surface area (Å²) in [5.41, 5.74) is 12.4. The molecule has 0 unspecified atom stereocenters. The fourth-order valence-electron chi connectivity index (χ4n) is 1.45. The molecule has 16 heavy (non-hydrogen) atoms. The third-order valence-electron chi connectivity index (χ3n) is 2.30. The lowest BCUT2D eigenvalue weighted by atomic mass is 10.2. The van der Waals surface area contributed by atoms with Gasteiger partial charge in [0.2, 0.25) is 5.91 Å². The Bertz CT molecular complexity index is 348. The van der Waals surface area contributed by atoms with E-state index in [0.717, 1.165) is 11.4 Å². The molecule has 5 heteroatoms. The van der Waals surface area contributed by atoms with E-state index in [1.807, 2.05) is 30.9 Å². The molecule has 88 valence electrons. The molecule has 0 fully saturated rings. The van der Waals surface area contributed by atoms with Crippen molar-refractivity contribution in [1.29, 1.82) is 0 Å². The Morgan fingerprint density at radius 3 is 2.56 bits per heavy atom. The lowest BCUT2D eigenvalue weighted by Gasteiger charge is -2.27. The van der Waals surface area contributed by atoms with Crippen LogP contribution in [0, 0.1) is 0 Å². The van der Waals surface area contributed by atoms with Crippen LogP contribution in [0.3, 0.4) is 0 Å². The van der Waals surface area contributed by atoms with Crippen molar-refractivity contribution in [3.05, 3.63) is 24.0 Å². The van der Waals surface area contributed by atoms with E-state index in [4.69, 9.17) is 11.5 Å². The second kappa shape index (κ2) is 5.46. The van der Waals surface area contributed by atoms with Crippen LogP contribution in [-0.4, -0.2) is 23.5 Å². The molecule has 1 rings (SSSR count). The van der Waals surface area contributed by atoms with Gasteiger partial charge in [0.25, 0.3) is 0 Å². The van der Waals surface area contributed by atoms with Crippen molar-refractivity contribution < 1.29 is 4.79 Å². The number of hydrogen-bond donors (Lipinski definition) is 2. The van der Waals surface area contributed by atoms with Crippen LogP contribution in [0.2, 0.25) is 0 Å². The van der Waals surface area contributed by atoms with Crippen molar-refractivity contribution in [2.45, 2.75) is 26.4 Å². The summed E-state index contributed by atoms with van der Waals surface area (Å²) < 4.78 is 0. The van der Waals surface area contributed by atoms with E-state index < -0.39 is 0 Å². The Hall–Kier alpha value is -1.62. The summed E-state index contributed by atoms with van der Waals surface area (Å²) in [6.45, 7) is 4.61. The summed E-state index contributed by atoms with van der Waals surface area (Å²) in [4.78, 5) is 17.0. The normalized spacial score (nSPS) is 10.5. The van der Waals surface area contributed by atoms with Crippen molar-refractivity contribution in [3.63, 3.8) is 0 Å². The van der Waals surface area contributed by atoms with E-state index in [9.17, 15) is 4.79 Å². The zero-order valence-corrected chi connectivity index (χ0v) is 9.68. The summed E-state index contributed by atoms with van der Waals surface area (Å²) in [7, 11) is 0. The van der Waals surface area contributed by atoms with Crippen LogP contribution in [-0.2, 0) is 11.3 Å². The highest BCUT2D eigenvalue weighted by Crippen LogP contribution is 2.15. The molecule has 4 N–H and O–H groups in total. The largest absolute Gasteiger partial charge is 0.368 e. The van der Waals surface area contributed by atoms with Crippen molar-refractivity contribution in [3.8, 4) is 0 Å². The molecule has 0 radical (unpaired) electrons. The summed E-state index contributed by atoms with van der Waals surface area (Å²) in [5, 5.41) is 0. The quantitative estimate of drug-likeness (QED) is 0.747. The van der Waals surface area contributed by atoms with Crippen LogP contribution in [0.1, 0.15) is 19.5 Å². The van der Waals surface area contributed by atoms with E-state index in [0.29, 0.717) is 6.54 Å². The Labute approximate surface area is 95.4 Å². The zero-order chi connectivity index (χ0) is 12.1. The average Bonchev–Trinajstić information content (AvgIpc) is 2.25. The number of anilines is 1. The van der Waals surface area contributed by atoms with Crippen molar-refractivity contribution in [2.24, 2.45) is 11.5 Å². The number of nitrogens with two attached hydrogens (primary N) is 2. The Balaban J connectivity index is 2.88. The molecule has 0 saturated heterocycles. The molecular formula is C11H18N4O. The summed E-state index contributed by atoms with van der Waals surface area (Å²) in [6, 6.07) is 3.95. The van der Waals surface area contributed by atoms with Gasteiger partial charge in [0.15, 0.2) is 0 Å². The number of carbonyl (C=O) groups is 1. The monoisotopic (exact) mass is 222 g/mol. The molecule has 0 spiro atoms. The third-order valence-corrected chi connectivity index (χ3v) is 2.30. The van der Waals surface area contributed by atoms with Gasteiger partial charge in [-0.15, -0.1) is 0 Å². The fourth-order valence-corrected chi connectivity index (χ4v) is 1.45. The maximum absolute atomic E-state index is 11.0. The maximum Gasteiger partial charge on any atom is 0.236 e. The van der Waals surface area contributed by atoms with Gasteiger partial charge in [0.1, 0.15) is 0 Å². The third kappa shape index (κ3) is 3.20. The number of carbonyl (C=O) groups excluding carboxylic acids is 1. The van der Waals surface area contributed by atoms with Crippen molar-refractivity contribution in [2.75, 3.05) is 11.4 Å². The number of aromatic nitrogens is 1. The van der Waals surface area contributed by atoms with Gasteiger partial charge < -0.3 is 16.4 Å². The maximum atomic E-state index is 11.0. The lowest BCUT2D eigenvalue weighted by Crippen LogP contribution is -2.38. The van der Waals surface area contributed by atoms with Gasteiger partial charge in [-0.05, 0) is 26.0 Å². The molecule has 0 aliphatic heterocycles. The number of hydrogen-bond acceptors (Lipinski definition) is 4. The van der Waals surface area contributed by atoms with Crippen LogP contribution in [0.5, 0.6) is 0 Å². The smallest absolute Gasteiger partial charge is 0.236 e. The minimum Gasteiger partial charge on any atom is -0.368 e. The van der Waals surface area contributed by atoms with Crippen LogP contribution < -0.4 is 16.4 Å². The average molecular weight is 222 g/mol. The van der Waals surface area contributed by atoms with E-state index >= 15 is 0 Å². The predicted octanol–water partition coefficient (Wildman–Crippen LogP) is 0.240. The Kier molecular flexibility index (Phi) is 4.25. The van der Waals surface area contributed by atoms with Crippen LogP contribution in [0.15, 0.2) is 18.3 Å². The minimum absolute atomic E-state index is 0.193. The number of primary amides is 1. The lowest BCUT2D eigenvalue weighted by molar-refractivity contribution is -0.116. The molecule has 0 aliphatic carbocycles. The fraction of sp³-hybridized carbons (Fsp3) is 0.455. The van der Waals surface area contributed by atoms with Gasteiger partial charge in [-0.2, -0.15) is 0 Å². The van der Waals surface area contributed by atoms with Gasteiger partial charge in [0, 0.05) is 12.6 Å². The van der Waals surface area contributed by atoms with Crippen molar-refractivity contribution >= 4 is 11.6 Å². The molecule has 0 aliphatic rings. The number of amides is 1. The highest BCUT2D eigenvalue weighted by atomic mass is 16.1. The number of nitrogens with zero attached hydrogens (tertiary/aromatic N) is 2. The van der Waals surface area contributed by atoms with Crippen LogP contribution >= 0.6 is 0 Å². The van der Waals surface area contributed by atoms with Gasteiger partial charge >= 0.3 is 0 Å². The van der Waals surface area contributed by atoms with Gasteiger partial charge in [0.05, 0.1) is 24.1 Å². The first-order valence-corrected chi connectivity index (χ1v) is 5.24. The Morgan fingerprint density at radius 2 is 2.19 bits per heavy atom. The highest BCUT2D eigenvalue weighted by Gasteiger charge is 2.13. The molecule has 5 nitrogen and oxygen atoms in total. The number of rotatable bonds is 5. The van der Waals surface area contributed by atoms with Gasteiger partial charge in [-0.1, -0.05) is 0 Å². The first-order valence-electron chi connectivity index (χ1n) is 5.24. The summed E-state index contributed by atoms with van der Waals surface area (Å²) in [6.07, 6.45) is 1.71. The van der Waals surface area contributed by atoms with Crippen molar-refractivity contribution in [1.82, 2.24) is 4.98 Å². The van der Waals surface area contributed by atoms with E-state index in [1.54, 1.807) is 6.20 Å². The minimum atomic E-state index is -0.350. The summed E-state index contributed by atoms with van der Waals surface area (Å²) in [5.74, 6) is -0.350. The van der Waals surface area contributed by atoms with Crippen LogP contribution in [0.25, 0.3) is 0 Å². The highest BCUT2D eigenvalue weighted by molar-refractivity contribution is 5.79. The molecule has 1 aromatic rings. The molecular weight excluding hydrogens is 204 g/mol. The van der Waals surface area contributed by atoms with E-state index in [1.165, 1.54) is 0 Å². The second-order valence-corrected chi connectivity index (χ2v) is 3.90. The van der Waals surface area contributed by atoms with E-state index in [-0.39, 0.29) is 18.5 Å². The molecule has 1 amide bonds. The van der Waals surface area contributed by atoms with Crippen LogP contribution in [0.4, 0.5) is 5.69 Å². The standard InChI is InChI=1S/C11H18N4O/c1-8(2)15(7-11(13)16)10-4-3-9(5-12)14-6-10/h3-4,6,8H,5,7,12H2,1-2H3,(H2,13,16). The molecule has 0 bridgehead atoms. The first-order chi connectivity index (χ1) is 7.54. The van der Waals surface area contributed by atoms with Gasteiger partial charge in [-0.25, -0.2) is 0 Å². The van der Waals surface area contributed by atoms with Gasteiger partial charge in [-0.3, -0.25) is 9.78 Å². The second-order valence-electron chi connectivity index (χ2n) is 3.90. The number of pyridine rings is 1. The SMILES string of the molecule is CC(C)N(CC(N)=O)c1ccc(CN)nc1. The zero-order valence-electron chi connectivity index (χ0n) is 9.68. The molecule has 0 atom stereocenters. The molecule has 0 aromatic carbocycles. The first kappa shape index (κ1) is 12.4. The molecule has 1 aromatic heterocycles. The molecule has 0 saturated carbocycles. The summed E-state index contributed by atoms with van der Waals surface area (Å²) >= 11 is 0.